The third-order valence-electron chi connectivity index (χ3n) is 5.10. The first kappa shape index (κ1) is 15.3. The number of anilines is 2. The van der Waals surface area contributed by atoms with Crippen LogP contribution in [0.5, 0.6) is 0 Å². The SMILES string of the molecule is CC(C)CC1Cc2cc(Nc3ncnc4c3CCC4)ccc2C1=O. The number of carbonyl (C=O) groups is 1. The molecule has 2 aliphatic rings. The van der Waals surface area contributed by atoms with E-state index < -0.39 is 0 Å². The number of benzene rings is 1. The molecule has 0 radical (unpaired) electrons. The summed E-state index contributed by atoms with van der Waals surface area (Å²) in [6.45, 7) is 4.36. The fraction of sp³-hybridized carbons (Fsp3) is 0.450. The van der Waals surface area contributed by atoms with Crippen LogP contribution >= 0.6 is 0 Å². The molecule has 0 saturated heterocycles. The number of aromatic nitrogens is 2. The fourth-order valence-corrected chi connectivity index (χ4v) is 4.02. The van der Waals surface area contributed by atoms with Crippen molar-refractivity contribution in [1.82, 2.24) is 9.97 Å². The van der Waals surface area contributed by atoms with E-state index in [4.69, 9.17) is 0 Å². The molecule has 1 N–H and O–H groups in total. The zero-order valence-corrected chi connectivity index (χ0v) is 14.3. The number of hydrogen-bond acceptors (Lipinski definition) is 4. The molecular formula is C20H23N3O. The summed E-state index contributed by atoms with van der Waals surface area (Å²) in [5.74, 6) is 1.93. The van der Waals surface area contributed by atoms with Gasteiger partial charge >= 0.3 is 0 Å². The van der Waals surface area contributed by atoms with Crippen molar-refractivity contribution in [2.24, 2.45) is 11.8 Å². The van der Waals surface area contributed by atoms with E-state index in [2.05, 4.69) is 35.2 Å². The Bertz CT molecular complexity index is 797. The quantitative estimate of drug-likeness (QED) is 0.920. The number of aryl methyl sites for hydroxylation is 1. The third kappa shape index (κ3) is 2.70. The minimum Gasteiger partial charge on any atom is -0.340 e. The smallest absolute Gasteiger partial charge is 0.166 e. The molecule has 1 unspecified atom stereocenters. The number of nitrogens with zero attached hydrogens (tertiary/aromatic N) is 2. The largest absolute Gasteiger partial charge is 0.340 e. The van der Waals surface area contributed by atoms with Crippen molar-refractivity contribution in [2.45, 2.75) is 46.0 Å². The highest BCUT2D eigenvalue weighted by Gasteiger charge is 2.31. The topological polar surface area (TPSA) is 54.9 Å². The Morgan fingerprint density at radius 3 is 2.96 bits per heavy atom. The first-order valence-corrected chi connectivity index (χ1v) is 8.88. The number of fused-ring (bicyclic) bond motifs is 2. The van der Waals surface area contributed by atoms with Crippen LogP contribution in [0.15, 0.2) is 24.5 Å². The fourth-order valence-electron chi connectivity index (χ4n) is 4.02. The van der Waals surface area contributed by atoms with Gasteiger partial charge in [-0.25, -0.2) is 9.97 Å². The Morgan fingerprint density at radius 1 is 1.25 bits per heavy atom. The lowest BCUT2D eigenvalue weighted by Gasteiger charge is -2.10. The van der Waals surface area contributed by atoms with Crippen molar-refractivity contribution in [1.29, 1.82) is 0 Å². The summed E-state index contributed by atoms with van der Waals surface area (Å²) in [5.41, 5.74) is 5.49. The van der Waals surface area contributed by atoms with Crippen LogP contribution in [-0.4, -0.2) is 15.8 Å². The Hall–Kier alpha value is -2.23. The second-order valence-electron chi connectivity index (χ2n) is 7.39. The van der Waals surface area contributed by atoms with E-state index in [0.717, 1.165) is 49.2 Å². The molecule has 4 rings (SSSR count). The summed E-state index contributed by atoms with van der Waals surface area (Å²) >= 11 is 0. The zero-order valence-electron chi connectivity index (χ0n) is 14.3. The molecule has 4 heteroatoms. The zero-order chi connectivity index (χ0) is 16.7. The standard InChI is InChI=1S/C20H23N3O/c1-12(2)8-14-9-13-10-15(6-7-16(13)19(14)24)23-20-17-4-3-5-18(17)21-11-22-20/h6-7,10-12,14H,3-5,8-9H2,1-2H3,(H,21,22,23). The van der Waals surface area contributed by atoms with Crippen molar-refractivity contribution in [3.05, 3.63) is 46.9 Å². The van der Waals surface area contributed by atoms with Crippen LogP contribution in [-0.2, 0) is 19.3 Å². The molecule has 24 heavy (non-hydrogen) atoms. The van der Waals surface area contributed by atoms with Gasteiger partial charge in [-0.1, -0.05) is 13.8 Å². The summed E-state index contributed by atoms with van der Waals surface area (Å²) in [6.07, 6.45) is 6.71. The van der Waals surface area contributed by atoms with Gasteiger partial charge in [-0.15, -0.1) is 0 Å². The number of nitrogens with one attached hydrogen (secondary N) is 1. The van der Waals surface area contributed by atoms with Gasteiger partial charge in [0.05, 0.1) is 0 Å². The van der Waals surface area contributed by atoms with Gasteiger partial charge in [0.25, 0.3) is 0 Å². The van der Waals surface area contributed by atoms with Crippen molar-refractivity contribution in [3.8, 4) is 0 Å². The maximum atomic E-state index is 12.5. The minimum absolute atomic E-state index is 0.151. The molecule has 0 fully saturated rings. The van der Waals surface area contributed by atoms with Crippen molar-refractivity contribution >= 4 is 17.3 Å². The molecule has 2 aliphatic carbocycles. The van der Waals surface area contributed by atoms with Gasteiger partial charge in [0.15, 0.2) is 5.78 Å². The van der Waals surface area contributed by atoms with Crippen molar-refractivity contribution in [2.75, 3.05) is 5.32 Å². The van der Waals surface area contributed by atoms with Crippen LogP contribution in [0.2, 0.25) is 0 Å². The van der Waals surface area contributed by atoms with Gasteiger partial charge in [0.2, 0.25) is 0 Å². The highest BCUT2D eigenvalue weighted by atomic mass is 16.1. The second-order valence-corrected chi connectivity index (χ2v) is 7.39. The molecule has 0 amide bonds. The lowest BCUT2D eigenvalue weighted by molar-refractivity contribution is 0.0922. The first-order chi connectivity index (χ1) is 11.6. The van der Waals surface area contributed by atoms with Crippen molar-refractivity contribution in [3.63, 3.8) is 0 Å². The highest BCUT2D eigenvalue weighted by Crippen LogP contribution is 2.34. The van der Waals surface area contributed by atoms with Gasteiger partial charge < -0.3 is 5.32 Å². The monoisotopic (exact) mass is 321 g/mol. The van der Waals surface area contributed by atoms with E-state index in [1.807, 2.05) is 12.1 Å². The predicted octanol–water partition coefficient (Wildman–Crippen LogP) is 4.11. The molecule has 0 aliphatic heterocycles. The molecular weight excluding hydrogens is 298 g/mol. The minimum atomic E-state index is 0.151. The van der Waals surface area contributed by atoms with Gasteiger partial charge in [-0.05, 0) is 61.8 Å². The highest BCUT2D eigenvalue weighted by molar-refractivity contribution is 6.02. The maximum Gasteiger partial charge on any atom is 0.166 e. The number of Topliss-reactive ketones (excluding diaryl/α,β-unsaturated/α-hetero) is 1. The summed E-state index contributed by atoms with van der Waals surface area (Å²) in [7, 11) is 0. The Kier molecular flexibility index (Phi) is 3.83. The van der Waals surface area contributed by atoms with Crippen LogP contribution in [0.4, 0.5) is 11.5 Å². The van der Waals surface area contributed by atoms with E-state index in [0.29, 0.717) is 11.7 Å². The number of carbonyl (C=O) groups excluding carboxylic acids is 1. The van der Waals surface area contributed by atoms with E-state index in [-0.39, 0.29) is 5.92 Å². The van der Waals surface area contributed by atoms with Gasteiger partial charge in [0.1, 0.15) is 12.1 Å². The van der Waals surface area contributed by atoms with E-state index in [1.54, 1.807) is 6.33 Å². The molecule has 0 bridgehead atoms. The molecule has 1 heterocycles. The average molecular weight is 321 g/mol. The molecule has 4 nitrogen and oxygen atoms in total. The van der Waals surface area contributed by atoms with Crippen LogP contribution < -0.4 is 5.32 Å². The average Bonchev–Trinajstić information content (AvgIpc) is 3.13. The lowest BCUT2D eigenvalue weighted by atomic mass is 9.94. The van der Waals surface area contributed by atoms with Gasteiger partial charge in [-0.3, -0.25) is 4.79 Å². The maximum absolute atomic E-state index is 12.5. The number of hydrogen-bond donors (Lipinski definition) is 1. The summed E-state index contributed by atoms with van der Waals surface area (Å²) in [6, 6.07) is 6.09. The number of rotatable bonds is 4. The predicted molar refractivity (Wildman–Crippen MR) is 94.8 cm³/mol. The number of ketones is 1. The van der Waals surface area contributed by atoms with E-state index in [9.17, 15) is 4.79 Å². The Morgan fingerprint density at radius 2 is 2.12 bits per heavy atom. The lowest BCUT2D eigenvalue weighted by Crippen LogP contribution is -2.11. The summed E-state index contributed by atoms with van der Waals surface area (Å²) < 4.78 is 0. The summed E-state index contributed by atoms with van der Waals surface area (Å²) in [5, 5.41) is 3.44. The van der Waals surface area contributed by atoms with Crippen LogP contribution in [0.3, 0.4) is 0 Å². The van der Waals surface area contributed by atoms with Crippen LogP contribution in [0.25, 0.3) is 0 Å². The van der Waals surface area contributed by atoms with Gasteiger partial charge in [-0.2, -0.15) is 0 Å². The molecule has 0 spiro atoms. The van der Waals surface area contributed by atoms with Crippen LogP contribution in [0, 0.1) is 11.8 Å². The molecule has 1 atom stereocenters. The molecule has 2 aromatic rings. The van der Waals surface area contributed by atoms with E-state index >= 15 is 0 Å². The third-order valence-corrected chi connectivity index (χ3v) is 5.10. The second kappa shape index (κ2) is 6.00. The molecule has 1 aromatic heterocycles. The molecule has 124 valence electrons. The normalized spacial score (nSPS) is 18.8. The van der Waals surface area contributed by atoms with Crippen molar-refractivity contribution < 1.29 is 4.79 Å². The van der Waals surface area contributed by atoms with E-state index in [1.165, 1.54) is 16.8 Å². The summed E-state index contributed by atoms with van der Waals surface area (Å²) in [4.78, 5) is 21.3. The van der Waals surface area contributed by atoms with Crippen LogP contribution in [0.1, 0.15) is 53.9 Å². The molecule has 0 saturated carbocycles. The van der Waals surface area contributed by atoms with Gasteiger partial charge in [0, 0.05) is 28.4 Å². The first-order valence-electron chi connectivity index (χ1n) is 8.88. The Labute approximate surface area is 142 Å². The molecule has 1 aromatic carbocycles. The Balaban J connectivity index is 1.58.